The highest BCUT2D eigenvalue weighted by atomic mass is 19.4. The van der Waals surface area contributed by atoms with Gasteiger partial charge in [-0.05, 0) is 17.7 Å². The first-order chi connectivity index (χ1) is 9.55. The second-order valence-electron chi connectivity index (χ2n) is 4.67. The Morgan fingerprint density at radius 3 is 2.30 bits per heavy atom. The zero-order valence-electron chi connectivity index (χ0n) is 10.6. The number of para-hydroxylation sites is 1. The van der Waals surface area contributed by atoms with Gasteiger partial charge in [-0.1, -0.05) is 42.5 Å². The number of alkyl halides is 3. The van der Waals surface area contributed by atoms with Gasteiger partial charge in [0, 0.05) is 18.1 Å². The molecule has 0 amide bonds. The lowest BCUT2D eigenvalue weighted by molar-refractivity contribution is -0.136. The number of hydrogen-bond donors (Lipinski definition) is 0. The summed E-state index contributed by atoms with van der Waals surface area (Å²) in [6.45, 7) is 0.428. The standard InChI is InChI=1S/C16H12F3N/c17-16(18,19)14-8-4-7-13-9-10-20(15(13)14)11-12-5-2-1-3-6-12/h1-10H,11H2. The van der Waals surface area contributed by atoms with Crippen LogP contribution < -0.4 is 0 Å². The molecule has 3 aromatic rings. The predicted molar refractivity (Wildman–Crippen MR) is 72.5 cm³/mol. The van der Waals surface area contributed by atoms with E-state index in [4.69, 9.17) is 0 Å². The Hall–Kier alpha value is -2.23. The van der Waals surface area contributed by atoms with Crippen molar-refractivity contribution < 1.29 is 13.2 Å². The summed E-state index contributed by atoms with van der Waals surface area (Å²) in [5, 5.41) is 0.607. The number of aromatic nitrogens is 1. The third kappa shape index (κ3) is 2.29. The first kappa shape index (κ1) is 12.8. The summed E-state index contributed by atoms with van der Waals surface area (Å²) in [5.74, 6) is 0. The molecular formula is C16H12F3N. The van der Waals surface area contributed by atoms with E-state index < -0.39 is 11.7 Å². The second kappa shape index (κ2) is 4.71. The minimum atomic E-state index is -4.34. The van der Waals surface area contributed by atoms with E-state index in [9.17, 15) is 13.2 Å². The van der Waals surface area contributed by atoms with Crippen LogP contribution in [0.3, 0.4) is 0 Å². The van der Waals surface area contributed by atoms with Gasteiger partial charge in [0.25, 0.3) is 0 Å². The van der Waals surface area contributed by atoms with Crippen LogP contribution in [0.1, 0.15) is 11.1 Å². The molecule has 2 aromatic carbocycles. The maximum absolute atomic E-state index is 13.1. The number of fused-ring (bicyclic) bond motifs is 1. The van der Waals surface area contributed by atoms with E-state index in [1.807, 2.05) is 30.3 Å². The summed E-state index contributed by atoms with van der Waals surface area (Å²) in [5.41, 5.74) is 0.627. The molecule has 20 heavy (non-hydrogen) atoms. The Morgan fingerprint density at radius 2 is 1.60 bits per heavy atom. The predicted octanol–water partition coefficient (Wildman–Crippen LogP) is 4.71. The zero-order chi connectivity index (χ0) is 14.2. The molecule has 3 rings (SSSR count). The summed E-state index contributed by atoms with van der Waals surface area (Å²) in [7, 11) is 0. The quantitative estimate of drug-likeness (QED) is 0.638. The number of rotatable bonds is 2. The molecule has 0 saturated carbocycles. The molecule has 0 aliphatic heterocycles. The molecule has 1 nitrogen and oxygen atoms in total. The van der Waals surface area contributed by atoms with Crippen LogP contribution >= 0.6 is 0 Å². The largest absolute Gasteiger partial charge is 0.418 e. The van der Waals surface area contributed by atoms with Gasteiger partial charge in [-0.3, -0.25) is 0 Å². The van der Waals surface area contributed by atoms with Crippen molar-refractivity contribution >= 4 is 10.9 Å². The minimum absolute atomic E-state index is 0.240. The number of hydrogen-bond acceptors (Lipinski definition) is 0. The molecule has 0 saturated heterocycles. The van der Waals surface area contributed by atoms with Crippen LogP contribution in [-0.4, -0.2) is 4.57 Å². The Morgan fingerprint density at radius 1 is 0.850 bits per heavy atom. The van der Waals surface area contributed by atoms with Crippen molar-refractivity contribution in [3.63, 3.8) is 0 Å². The van der Waals surface area contributed by atoms with E-state index in [0.717, 1.165) is 11.6 Å². The Kier molecular flexibility index (Phi) is 3.01. The van der Waals surface area contributed by atoms with Crippen molar-refractivity contribution in [2.75, 3.05) is 0 Å². The molecule has 0 radical (unpaired) electrons. The Labute approximate surface area is 114 Å². The lowest BCUT2D eigenvalue weighted by Gasteiger charge is -2.12. The average molecular weight is 275 g/mol. The maximum Gasteiger partial charge on any atom is 0.418 e. The molecule has 0 aliphatic carbocycles. The molecule has 0 aliphatic rings. The van der Waals surface area contributed by atoms with Crippen LogP contribution in [0.25, 0.3) is 10.9 Å². The third-order valence-electron chi connectivity index (χ3n) is 3.29. The van der Waals surface area contributed by atoms with Crippen molar-refractivity contribution in [2.45, 2.75) is 12.7 Å². The monoisotopic (exact) mass is 275 g/mol. The number of benzene rings is 2. The average Bonchev–Trinajstić information content (AvgIpc) is 2.82. The Balaban J connectivity index is 2.13. The fourth-order valence-corrected chi connectivity index (χ4v) is 2.40. The van der Waals surface area contributed by atoms with Crippen LogP contribution in [0.15, 0.2) is 60.8 Å². The summed E-state index contributed by atoms with van der Waals surface area (Å²) >= 11 is 0. The molecular weight excluding hydrogens is 263 g/mol. The molecule has 0 N–H and O–H groups in total. The molecule has 4 heteroatoms. The van der Waals surface area contributed by atoms with E-state index in [-0.39, 0.29) is 5.52 Å². The van der Waals surface area contributed by atoms with Crippen molar-refractivity contribution in [3.8, 4) is 0 Å². The van der Waals surface area contributed by atoms with Gasteiger partial charge in [0.2, 0.25) is 0 Å². The van der Waals surface area contributed by atoms with Crippen LogP contribution in [0.4, 0.5) is 13.2 Å². The van der Waals surface area contributed by atoms with Gasteiger partial charge in [-0.2, -0.15) is 13.2 Å². The number of halogens is 3. The van der Waals surface area contributed by atoms with Gasteiger partial charge < -0.3 is 4.57 Å². The van der Waals surface area contributed by atoms with Gasteiger partial charge in [-0.15, -0.1) is 0 Å². The van der Waals surface area contributed by atoms with Crippen molar-refractivity contribution in [3.05, 3.63) is 71.9 Å². The van der Waals surface area contributed by atoms with E-state index in [0.29, 0.717) is 11.9 Å². The van der Waals surface area contributed by atoms with E-state index in [1.165, 1.54) is 6.07 Å². The molecule has 0 bridgehead atoms. The highest BCUT2D eigenvalue weighted by molar-refractivity contribution is 5.84. The molecule has 102 valence electrons. The summed E-state index contributed by atoms with van der Waals surface area (Å²) in [4.78, 5) is 0. The summed E-state index contributed by atoms with van der Waals surface area (Å²) in [6, 6.07) is 15.4. The van der Waals surface area contributed by atoms with Crippen LogP contribution in [0.5, 0.6) is 0 Å². The Bertz CT molecular complexity index is 726. The first-order valence-electron chi connectivity index (χ1n) is 6.25. The molecule has 0 atom stereocenters. The fraction of sp³-hybridized carbons (Fsp3) is 0.125. The van der Waals surface area contributed by atoms with Crippen molar-refractivity contribution in [2.24, 2.45) is 0 Å². The summed E-state index contributed by atoms with van der Waals surface area (Å²) in [6.07, 6.45) is -2.64. The second-order valence-corrected chi connectivity index (χ2v) is 4.67. The molecule has 0 fully saturated rings. The number of nitrogens with zero attached hydrogens (tertiary/aromatic N) is 1. The first-order valence-corrected chi connectivity index (χ1v) is 6.25. The lowest BCUT2D eigenvalue weighted by atomic mass is 10.1. The minimum Gasteiger partial charge on any atom is -0.343 e. The smallest absolute Gasteiger partial charge is 0.343 e. The topological polar surface area (TPSA) is 4.93 Å². The van der Waals surface area contributed by atoms with Gasteiger partial charge >= 0.3 is 6.18 Å². The highest BCUT2D eigenvalue weighted by Crippen LogP contribution is 2.35. The van der Waals surface area contributed by atoms with Crippen LogP contribution in [0.2, 0.25) is 0 Å². The van der Waals surface area contributed by atoms with Gasteiger partial charge in [0.1, 0.15) is 0 Å². The highest BCUT2D eigenvalue weighted by Gasteiger charge is 2.33. The normalized spacial score (nSPS) is 11.9. The van der Waals surface area contributed by atoms with E-state index in [2.05, 4.69) is 0 Å². The molecule has 1 aromatic heterocycles. The van der Waals surface area contributed by atoms with Gasteiger partial charge in [0.15, 0.2) is 0 Å². The van der Waals surface area contributed by atoms with Gasteiger partial charge in [0.05, 0.1) is 11.1 Å². The molecule has 0 unspecified atom stereocenters. The maximum atomic E-state index is 13.1. The SMILES string of the molecule is FC(F)(F)c1cccc2ccn(Cc3ccccc3)c12. The van der Waals surface area contributed by atoms with E-state index in [1.54, 1.807) is 22.9 Å². The molecule has 1 heterocycles. The van der Waals surface area contributed by atoms with E-state index >= 15 is 0 Å². The van der Waals surface area contributed by atoms with Gasteiger partial charge in [-0.25, -0.2) is 0 Å². The van der Waals surface area contributed by atoms with Crippen molar-refractivity contribution in [1.29, 1.82) is 0 Å². The van der Waals surface area contributed by atoms with Crippen LogP contribution in [-0.2, 0) is 12.7 Å². The fourth-order valence-electron chi connectivity index (χ4n) is 2.40. The third-order valence-corrected chi connectivity index (χ3v) is 3.29. The van der Waals surface area contributed by atoms with Crippen LogP contribution in [0, 0.1) is 0 Å². The zero-order valence-corrected chi connectivity index (χ0v) is 10.6. The molecule has 0 spiro atoms. The lowest BCUT2D eigenvalue weighted by Crippen LogP contribution is -2.09. The van der Waals surface area contributed by atoms with Crippen molar-refractivity contribution in [1.82, 2.24) is 4.57 Å². The summed E-state index contributed by atoms with van der Waals surface area (Å²) < 4.78 is 40.9.